The van der Waals surface area contributed by atoms with Crippen molar-refractivity contribution in [2.24, 2.45) is 22.5 Å². The molecule has 0 saturated carbocycles. The summed E-state index contributed by atoms with van der Waals surface area (Å²) in [6.07, 6.45) is 1.54. The second kappa shape index (κ2) is 17.3. The number of carboxylic acid groups (broad SMARTS) is 1. The van der Waals surface area contributed by atoms with Crippen LogP contribution in [0.5, 0.6) is 0 Å². The number of nitrogens with one attached hydrogen (secondary N) is 1. The molecule has 3 aliphatic heterocycles. The fraction of sp³-hybridized carbons (Fsp3) is 0.771. The Morgan fingerprint density at radius 3 is 1.58 bits per heavy atom. The number of hydrogen-bond acceptors (Lipinski definition) is 9. The van der Waals surface area contributed by atoms with Gasteiger partial charge in [0.2, 0.25) is 17.7 Å². The van der Waals surface area contributed by atoms with E-state index in [0.717, 1.165) is 4.90 Å². The van der Waals surface area contributed by atoms with Gasteiger partial charge in [0, 0.05) is 71.7 Å². The second-order valence-corrected chi connectivity index (χ2v) is 16.7. The molecule has 3 heterocycles. The van der Waals surface area contributed by atoms with Gasteiger partial charge in [0.1, 0.15) is 5.60 Å². The van der Waals surface area contributed by atoms with E-state index in [-0.39, 0.29) is 41.8 Å². The molecular formula is C35H61N7O8. The van der Waals surface area contributed by atoms with E-state index < -0.39 is 35.5 Å². The molecule has 50 heavy (non-hydrogen) atoms. The molecule has 2 atom stereocenters. The van der Waals surface area contributed by atoms with Crippen molar-refractivity contribution in [2.75, 3.05) is 58.9 Å². The highest BCUT2D eigenvalue weighted by Crippen LogP contribution is 2.32. The number of nitrogens with zero attached hydrogens (tertiary/aromatic N) is 5. The van der Waals surface area contributed by atoms with Gasteiger partial charge in [-0.15, -0.1) is 0 Å². The van der Waals surface area contributed by atoms with Crippen molar-refractivity contribution < 1.29 is 38.6 Å². The second-order valence-electron chi connectivity index (χ2n) is 16.7. The van der Waals surface area contributed by atoms with Gasteiger partial charge in [0.15, 0.2) is 6.04 Å². The standard InChI is InChI=1S/C20H33N5O5.C15H28N2O3/c1-13(21)22-7-5-6-14-16(18(28)29)25(17(14)27)19(30)24-10-8-23(9-11-24)15(26)12-20(2,3)4;1-14(2,3)11-12(18)16-7-9-17(10-8-16)13(19)20-15(4,5)6/h14,16,22H,1,5-12,21H2,2-4H3,(H,28,29);7-11H2,1-6H3/t14-,16?;/m1./s1. The Balaban J connectivity index is 0.000000377. The van der Waals surface area contributed by atoms with Gasteiger partial charge in [-0.3, -0.25) is 14.4 Å². The SMILES string of the molecule is C=C(N)NCCC[C@H]1C(=O)N(C(=O)N2CCN(C(=O)CC(C)(C)C)CC2)C1C(=O)O.CC(C)(C)CC(=O)N1CCN(C(=O)OC(C)(C)C)CC1. The minimum absolute atomic E-state index is 0.000612. The number of carbonyl (C=O) groups excluding carboxylic acids is 5. The monoisotopic (exact) mass is 707 g/mol. The van der Waals surface area contributed by atoms with Crippen LogP contribution >= 0.6 is 0 Å². The number of rotatable bonds is 8. The van der Waals surface area contributed by atoms with E-state index in [0.29, 0.717) is 77.3 Å². The maximum atomic E-state index is 12.8. The van der Waals surface area contributed by atoms with Crippen LogP contribution in [0.4, 0.5) is 9.59 Å². The van der Waals surface area contributed by atoms with Crippen LogP contribution < -0.4 is 11.1 Å². The van der Waals surface area contributed by atoms with Crippen LogP contribution in [0.3, 0.4) is 0 Å². The highest BCUT2D eigenvalue weighted by atomic mass is 16.6. The summed E-state index contributed by atoms with van der Waals surface area (Å²) in [7, 11) is 0. The minimum atomic E-state index is -1.19. The Morgan fingerprint density at radius 1 is 0.780 bits per heavy atom. The van der Waals surface area contributed by atoms with Crippen molar-refractivity contribution in [2.45, 2.75) is 99.6 Å². The molecular weight excluding hydrogens is 646 g/mol. The number of likely N-dealkylation sites (tertiary alicyclic amines) is 1. The van der Waals surface area contributed by atoms with Gasteiger partial charge < -0.3 is 40.5 Å². The molecule has 0 spiro atoms. The normalized spacial score (nSPS) is 19.9. The number of imide groups is 1. The van der Waals surface area contributed by atoms with Crippen molar-refractivity contribution >= 4 is 35.8 Å². The molecule has 0 bridgehead atoms. The Hall–Kier alpha value is -4.04. The van der Waals surface area contributed by atoms with E-state index in [1.54, 1.807) is 9.80 Å². The lowest BCUT2D eigenvalue weighted by molar-refractivity contribution is -0.167. The summed E-state index contributed by atoms with van der Waals surface area (Å²) < 4.78 is 5.34. The molecule has 1 unspecified atom stereocenters. The van der Waals surface area contributed by atoms with Crippen molar-refractivity contribution in [1.82, 2.24) is 29.8 Å². The van der Waals surface area contributed by atoms with Gasteiger partial charge in [0.25, 0.3) is 0 Å². The highest BCUT2D eigenvalue weighted by molar-refractivity contribution is 6.07. The maximum absolute atomic E-state index is 12.8. The zero-order valence-corrected chi connectivity index (χ0v) is 31.7. The van der Waals surface area contributed by atoms with Crippen molar-refractivity contribution in [3.05, 3.63) is 12.4 Å². The number of carbonyl (C=O) groups is 6. The number of amides is 6. The van der Waals surface area contributed by atoms with Gasteiger partial charge in [-0.05, 0) is 44.4 Å². The average molecular weight is 708 g/mol. The summed E-state index contributed by atoms with van der Waals surface area (Å²) in [5.41, 5.74) is 4.81. The number of aliphatic carboxylic acids is 1. The molecule has 15 nitrogen and oxygen atoms in total. The third-order valence-electron chi connectivity index (χ3n) is 8.27. The molecule has 4 N–H and O–H groups in total. The number of β-lactam (4-membered cyclic amide) rings is 1. The molecule has 0 radical (unpaired) electrons. The first-order valence-electron chi connectivity index (χ1n) is 17.5. The summed E-state index contributed by atoms with van der Waals surface area (Å²) in [6, 6.07) is -1.76. The van der Waals surface area contributed by atoms with Crippen LogP contribution in [0, 0.1) is 16.7 Å². The molecule has 6 amide bonds. The summed E-state index contributed by atoms with van der Waals surface area (Å²) >= 11 is 0. The van der Waals surface area contributed by atoms with E-state index >= 15 is 0 Å². The van der Waals surface area contributed by atoms with E-state index in [1.807, 2.05) is 46.4 Å². The third-order valence-corrected chi connectivity index (χ3v) is 8.27. The first-order chi connectivity index (χ1) is 22.9. The van der Waals surface area contributed by atoms with Crippen molar-refractivity contribution in [3.8, 4) is 0 Å². The summed E-state index contributed by atoms with van der Waals surface area (Å²) in [6.45, 7) is 25.3. The molecule has 3 fully saturated rings. The number of carboxylic acids is 1. The van der Waals surface area contributed by atoms with Crippen molar-refractivity contribution in [3.63, 3.8) is 0 Å². The summed E-state index contributed by atoms with van der Waals surface area (Å²) in [4.78, 5) is 80.9. The van der Waals surface area contributed by atoms with Gasteiger partial charge in [-0.1, -0.05) is 48.1 Å². The fourth-order valence-electron chi connectivity index (χ4n) is 5.79. The predicted octanol–water partition coefficient (Wildman–Crippen LogP) is 2.90. The molecule has 284 valence electrons. The van der Waals surface area contributed by atoms with Crippen LogP contribution in [0.1, 0.15) is 88.0 Å². The topological polar surface area (TPSA) is 186 Å². The highest BCUT2D eigenvalue weighted by Gasteiger charge is 2.55. The Kier molecular flexibility index (Phi) is 14.5. The number of urea groups is 1. The molecule has 0 aromatic rings. The lowest BCUT2D eigenvalue weighted by Crippen LogP contribution is -2.69. The number of piperazine rings is 2. The van der Waals surface area contributed by atoms with Gasteiger partial charge in [-0.25, -0.2) is 19.3 Å². The molecule has 3 aliphatic rings. The Morgan fingerprint density at radius 2 is 1.20 bits per heavy atom. The number of ether oxygens (including phenoxy) is 1. The predicted molar refractivity (Wildman–Crippen MR) is 188 cm³/mol. The molecule has 0 aromatic heterocycles. The van der Waals surface area contributed by atoms with Gasteiger partial charge in [-0.2, -0.15) is 0 Å². The maximum Gasteiger partial charge on any atom is 0.410 e. The average Bonchev–Trinajstić information content (AvgIpc) is 2.97. The largest absolute Gasteiger partial charge is 0.480 e. The van der Waals surface area contributed by atoms with Crippen LogP contribution in [-0.4, -0.2) is 136 Å². The van der Waals surface area contributed by atoms with E-state index in [1.165, 1.54) is 4.90 Å². The molecule has 3 rings (SSSR count). The van der Waals surface area contributed by atoms with E-state index in [2.05, 4.69) is 32.7 Å². The Bertz CT molecular complexity index is 1210. The lowest BCUT2D eigenvalue weighted by atomic mass is 9.83. The quantitative estimate of drug-likeness (QED) is 0.250. The van der Waals surface area contributed by atoms with Crippen LogP contribution in [-0.2, 0) is 23.9 Å². The zero-order chi connectivity index (χ0) is 38.2. The Labute approximate surface area is 297 Å². The first kappa shape index (κ1) is 42.1. The summed E-state index contributed by atoms with van der Waals surface area (Å²) in [5, 5.41) is 12.4. The van der Waals surface area contributed by atoms with Gasteiger partial charge in [0.05, 0.1) is 11.7 Å². The zero-order valence-electron chi connectivity index (χ0n) is 31.7. The number of hydrogen-bond donors (Lipinski definition) is 3. The van der Waals surface area contributed by atoms with Crippen molar-refractivity contribution in [1.29, 1.82) is 0 Å². The third kappa shape index (κ3) is 13.3. The number of nitrogens with two attached hydrogens (primary N) is 1. The summed E-state index contributed by atoms with van der Waals surface area (Å²) in [5.74, 6) is -1.88. The lowest BCUT2D eigenvalue weighted by Gasteiger charge is -2.46. The fourth-order valence-corrected chi connectivity index (χ4v) is 5.79. The van der Waals surface area contributed by atoms with E-state index in [9.17, 15) is 33.9 Å². The van der Waals surface area contributed by atoms with E-state index in [4.69, 9.17) is 10.5 Å². The molecule has 0 aromatic carbocycles. The van der Waals surface area contributed by atoms with Gasteiger partial charge >= 0.3 is 18.1 Å². The molecule has 15 heteroatoms. The first-order valence-corrected chi connectivity index (χ1v) is 17.5. The molecule has 3 saturated heterocycles. The smallest absolute Gasteiger partial charge is 0.410 e. The van der Waals surface area contributed by atoms with Crippen LogP contribution in [0.25, 0.3) is 0 Å². The molecule has 0 aliphatic carbocycles. The van der Waals surface area contributed by atoms with Crippen LogP contribution in [0.15, 0.2) is 12.4 Å². The minimum Gasteiger partial charge on any atom is -0.480 e. The van der Waals surface area contributed by atoms with Crippen LogP contribution in [0.2, 0.25) is 0 Å².